The lowest BCUT2D eigenvalue weighted by Gasteiger charge is -1.94. The second kappa shape index (κ2) is 2.85. The SMILES string of the molecule is CCNc1noc2ccccc12. The van der Waals surface area contributed by atoms with Gasteiger partial charge >= 0.3 is 0 Å². The summed E-state index contributed by atoms with van der Waals surface area (Å²) in [6.45, 7) is 2.89. The van der Waals surface area contributed by atoms with E-state index >= 15 is 0 Å². The molecule has 0 radical (unpaired) electrons. The van der Waals surface area contributed by atoms with Crippen molar-refractivity contribution in [2.75, 3.05) is 11.9 Å². The van der Waals surface area contributed by atoms with Gasteiger partial charge in [-0.05, 0) is 19.1 Å². The number of fused-ring (bicyclic) bond motifs is 1. The molecule has 1 heterocycles. The molecule has 2 aromatic rings. The fraction of sp³-hybridized carbons (Fsp3) is 0.222. The molecule has 0 saturated heterocycles. The van der Waals surface area contributed by atoms with Gasteiger partial charge in [0.2, 0.25) is 0 Å². The van der Waals surface area contributed by atoms with Gasteiger partial charge in [-0.2, -0.15) is 0 Å². The molecule has 1 aromatic heterocycles. The number of benzene rings is 1. The van der Waals surface area contributed by atoms with Crippen LogP contribution in [0.25, 0.3) is 11.0 Å². The number of nitrogens with zero attached hydrogens (tertiary/aromatic N) is 1. The predicted octanol–water partition coefficient (Wildman–Crippen LogP) is 2.26. The molecule has 0 aliphatic rings. The number of hydrogen-bond acceptors (Lipinski definition) is 3. The predicted molar refractivity (Wildman–Crippen MR) is 48.2 cm³/mol. The zero-order valence-corrected chi connectivity index (χ0v) is 6.87. The maximum atomic E-state index is 5.09. The molecular weight excluding hydrogens is 152 g/mol. The first-order chi connectivity index (χ1) is 5.92. The summed E-state index contributed by atoms with van der Waals surface area (Å²) in [7, 11) is 0. The minimum Gasteiger partial charge on any atom is -0.367 e. The van der Waals surface area contributed by atoms with Crippen LogP contribution in [0.3, 0.4) is 0 Å². The fourth-order valence-electron chi connectivity index (χ4n) is 1.18. The van der Waals surface area contributed by atoms with E-state index in [1.807, 2.05) is 31.2 Å². The Morgan fingerprint density at radius 3 is 3.08 bits per heavy atom. The second-order valence-corrected chi connectivity index (χ2v) is 2.56. The number of para-hydroxylation sites is 1. The Morgan fingerprint density at radius 1 is 1.42 bits per heavy atom. The Hall–Kier alpha value is -1.51. The molecule has 0 unspecified atom stereocenters. The highest BCUT2D eigenvalue weighted by atomic mass is 16.5. The molecular formula is C9H10N2O. The van der Waals surface area contributed by atoms with E-state index < -0.39 is 0 Å². The summed E-state index contributed by atoms with van der Waals surface area (Å²) in [6.07, 6.45) is 0. The summed E-state index contributed by atoms with van der Waals surface area (Å²) < 4.78 is 5.09. The third-order valence-corrected chi connectivity index (χ3v) is 1.72. The van der Waals surface area contributed by atoms with Crippen LogP contribution in [0.5, 0.6) is 0 Å². The summed E-state index contributed by atoms with van der Waals surface area (Å²) in [5.41, 5.74) is 0.827. The number of rotatable bonds is 2. The van der Waals surface area contributed by atoms with Crippen molar-refractivity contribution in [1.29, 1.82) is 0 Å². The topological polar surface area (TPSA) is 38.1 Å². The highest BCUT2D eigenvalue weighted by molar-refractivity contribution is 5.87. The van der Waals surface area contributed by atoms with Crippen LogP contribution < -0.4 is 5.32 Å². The molecule has 3 heteroatoms. The van der Waals surface area contributed by atoms with Gasteiger partial charge in [0, 0.05) is 6.54 Å². The van der Waals surface area contributed by atoms with E-state index in [1.165, 1.54) is 0 Å². The van der Waals surface area contributed by atoms with Gasteiger partial charge in [-0.3, -0.25) is 0 Å². The number of aromatic nitrogens is 1. The van der Waals surface area contributed by atoms with Gasteiger partial charge in [0.25, 0.3) is 0 Å². The van der Waals surface area contributed by atoms with Gasteiger partial charge in [-0.25, -0.2) is 0 Å². The summed E-state index contributed by atoms with van der Waals surface area (Å²) in [6, 6.07) is 7.80. The van der Waals surface area contributed by atoms with Crippen molar-refractivity contribution >= 4 is 16.8 Å². The van der Waals surface area contributed by atoms with Crippen molar-refractivity contribution in [1.82, 2.24) is 5.16 Å². The average Bonchev–Trinajstić information content (AvgIpc) is 2.50. The Morgan fingerprint density at radius 2 is 2.25 bits per heavy atom. The molecule has 1 N–H and O–H groups in total. The molecule has 2 rings (SSSR count). The molecule has 12 heavy (non-hydrogen) atoms. The normalized spacial score (nSPS) is 10.4. The summed E-state index contributed by atoms with van der Waals surface area (Å²) >= 11 is 0. The van der Waals surface area contributed by atoms with Crippen LogP contribution in [0.1, 0.15) is 6.92 Å². The second-order valence-electron chi connectivity index (χ2n) is 2.56. The van der Waals surface area contributed by atoms with Crippen LogP contribution in [-0.4, -0.2) is 11.7 Å². The van der Waals surface area contributed by atoms with Crippen LogP contribution in [0.4, 0.5) is 5.82 Å². The Bertz CT molecular complexity index is 381. The van der Waals surface area contributed by atoms with Crippen molar-refractivity contribution in [3.63, 3.8) is 0 Å². The molecule has 0 saturated carbocycles. The highest BCUT2D eigenvalue weighted by Gasteiger charge is 2.03. The standard InChI is InChI=1S/C9H10N2O/c1-2-10-9-7-5-3-4-6-8(7)12-11-9/h3-6H,2H2,1H3,(H,10,11). The van der Waals surface area contributed by atoms with Crippen LogP contribution in [0.15, 0.2) is 28.8 Å². The maximum Gasteiger partial charge on any atom is 0.177 e. The molecule has 3 nitrogen and oxygen atoms in total. The lowest BCUT2D eigenvalue weighted by molar-refractivity contribution is 0.459. The van der Waals surface area contributed by atoms with E-state index in [9.17, 15) is 0 Å². The quantitative estimate of drug-likeness (QED) is 0.736. The van der Waals surface area contributed by atoms with E-state index in [-0.39, 0.29) is 0 Å². The summed E-state index contributed by atoms with van der Waals surface area (Å²) in [5, 5.41) is 8.07. The first-order valence-electron chi connectivity index (χ1n) is 4.00. The van der Waals surface area contributed by atoms with E-state index in [0.717, 1.165) is 23.3 Å². The molecule has 0 atom stereocenters. The van der Waals surface area contributed by atoms with E-state index in [4.69, 9.17) is 4.52 Å². The van der Waals surface area contributed by atoms with Crippen LogP contribution in [0.2, 0.25) is 0 Å². The third kappa shape index (κ3) is 1.03. The fourth-order valence-corrected chi connectivity index (χ4v) is 1.18. The van der Waals surface area contributed by atoms with Gasteiger partial charge in [0.1, 0.15) is 0 Å². The monoisotopic (exact) mass is 162 g/mol. The van der Waals surface area contributed by atoms with Crippen LogP contribution >= 0.6 is 0 Å². The van der Waals surface area contributed by atoms with Gasteiger partial charge in [-0.1, -0.05) is 17.3 Å². The lowest BCUT2D eigenvalue weighted by Crippen LogP contribution is -1.96. The first kappa shape index (κ1) is 7.16. The molecule has 1 aromatic carbocycles. The van der Waals surface area contributed by atoms with Gasteiger partial charge in [-0.15, -0.1) is 0 Å². The molecule has 0 spiro atoms. The van der Waals surface area contributed by atoms with Gasteiger partial charge < -0.3 is 9.84 Å². The first-order valence-corrected chi connectivity index (χ1v) is 4.00. The largest absolute Gasteiger partial charge is 0.367 e. The minimum atomic E-state index is 0.827. The third-order valence-electron chi connectivity index (χ3n) is 1.72. The molecule has 62 valence electrons. The average molecular weight is 162 g/mol. The Labute approximate surface area is 70.4 Å². The van der Waals surface area contributed by atoms with Crippen molar-refractivity contribution in [3.05, 3.63) is 24.3 Å². The van der Waals surface area contributed by atoms with Crippen LogP contribution in [0, 0.1) is 0 Å². The minimum absolute atomic E-state index is 0.827. The molecule has 0 fully saturated rings. The number of anilines is 1. The molecule has 0 aliphatic carbocycles. The van der Waals surface area contributed by atoms with Gasteiger partial charge in [0.15, 0.2) is 11.4 Å². The van der Waals surface area contributed by atoms with Crippen molar-refractivity contribution in [2.45, 2.75) is 6.92 Å². The van der Waals surface area contributed by atoms with E-state index in [1.54, 1.807) is 0 Å². The van der Waals surface area contributed by atoms with Crippen LogP contribution in [-0.2, 0) is 0 Å². The lowest BCUT2D eigenvalue weighted by atomic mass is 10.2. The number of nitrogens with one attached hydrogen (secondary N) is 1. The Balaban J connectivity index is 2.55. The zero-order valence-electron chi connectivity index (χ0n) is 6.87. The summed E-state index contributed by atoms with van der Waals surface area (Å²) in [4.78, 5) is 0. The van der Waals surface area contributed by atoms with E-state index in [0.29, 0.717) is 0 Å². The maximum absolute atomic E-state index is 5.09. The molecule has 0 bridgehead atoms. The molecule has 0 amide bonds. The van der Waals surface area contributed by atoms with Gasteiger partial charge in [0.05, 0.1) is 5.39 Å². The smallest absolute Gasteiger partial charge is 0.177 e. The zero-order chi connectivity index (χ0) is 8.39. The summed E-state index contributed by atoms with van der Waals surface area (Å²) in [5.74, 6) is 0.827. The number of hydrogen-bond donors (Lipinski definition) is 1. The Kier molecular flexibility index (Phi) is 1.70. The van der Waals surface area contributed by atoms with E-state index in [2.05, 4.69) is 10.5 Å². The highest BCUT2D eigenvalue weighted by Crippen LogP contribution is 2.21. The van der Waals surface area contributed by atoms with Crippen molar-refractivity contribution in [2.24, 2.45) is 0 Å². The van der Waals surface area contributed by atoms with Crippen molar-refractivity contribution < 1.29 is 4.52 Å². The molecule has 0 aliphatic heterocycles. The van der Waals surface area contributed by atoms with Crippen molar-refractivity contribution in [3.8, 4) is 0 Å².